The van der Waals surface area contributed by atoms with Crippen LogP contribution in [0.25, 0.3) is 0 Å². The molecule has 2 nitrogen and oxygen atoms in total. The van der Waals surface area contributed by atoms with Gasteiger partial charge >= 0.3 is 0 Å². The van der Waals surface area contributed by atoms with Crippen LogP contribution in [0.4, 0.5) is 0 Å². The van der Waals surface area contributed by atoms with Crippen LogP contribution < -0.4 is 0 Å². The quantitative estimate of drug-likeness (QED) is 0.643. The van der Waals surface area contributed by atoms with Gasteiger partial charge in [0.2, 0.25) is 0 Å². The van der Waals surface area contributed by atoms with Crippen LogP contribution in [0.5, 0.6) is 0 Å². The van der Waals surface area contributed by atoms with Gasteiger partial charge in [-0.25, -0.2) is 0 Å². The van der Waals surface area contributed by atoms with Crippen LogP contribution in [0.3, 0.4) is 0 Å². The molecule has 0 aromatic rings. The molecule has 2 atom stereocenters. The third-order valence-electron chi connectivity index (χ3n) is 4.07. The lowest BCUT2D eigenvalue weighted by atomic mass is 9.82. The lowest BCUT2D eigenvalue weighted by Gasteiger charge is -2.29. The van der Waals surface area contributed by atoms with Crippen LogP contribution in [0.15, 0.2) is 0 Å². The fourth-order valence-electron chi connectivity index (χ4n) is 3.16. The van der Waals surface area contributed by atoms with E-state index in [0.29, 0.717) is 30.6 Å². The molecule has 106 valence electrons. The maximum Gasteiger partial charge on any atom is 0.162 e. The number of rotatable bonds is 8. The first-order chi connectivity index (χ1) is 8.69. The molecule has 0 N–H and O–H groups in total. The summed E-state index contributed by atoms with van der Waals surface area (Å²) in [5, 5.41) is 0. The fraction of sp³-hybridized carbons (Fsp3) is 0.938. The van der Waals surface area contributed by atoms with Gasteiger partial charge in [-0.2, -0.15) is 0 Å². The Kier molecular flexibility index (Phi) is 7.57. The third kappa shape index (κ3) is 5.09. The number of hydrogen-bond donors (Lipinski definition) is 0. The van der Waals surface area contributed by atoms with Gasteiger partial charge in [-0.15, -0.1) is 0 Å². The van der Waals surface area contributed by atoms with Gasteiger partial charge in [-0.05, 0) is 31.6 Å². The summed E-state index contributed by atoms with van der Waals surface area (Å²) in [7, 11) is 0. The Bertz CT molecular complexity index is 231. The molecule has 1 aliphatic carbocycles. The van der Waals surface area contributed by atoms with Crippen molar-refractivity contribution in [2.24, 2.45) is 11.8 Å². The van der Waals surface area contributed by atoms with Gasteiger partial charge in [-0.3, -0.25) is 4.79 Å². The molecule has 0 heterocycles. The molecule has 0 aromatic heterocycles. The molecule has 0 radical (unpaired) electrons. The standard InChI is InChI=1S/C16H30O2/c1-4-9-13(3)12-15(17)16(18-5-2)14-10-7-6-8-11-14/h13-14,16H,4-12H2,1-3H3. The van der Waals surface area contributed by atoms with E-state index in [9.17, 15) is 4.79 Å². The van der Waals surface area contributed by atoms with Crippen LogP contribution in [-0.4, -0.2) is 18.5 Å². The van der Waals surface area contributed by atoms with Crippen LogP contribution >= 0.6 is 0 Å². The van der Waals surface area contributed by atoms with Crippen molar-refractivity contribution in [1.82, 2.24) is 0 Å². The summed E-state index contributed by atoms with van der Waals surface area (Å²) in [4.78, 5) is 12.4. The molecule has 0 spiro atoms. The van der Waals surface area contributed by atoms with E-state index in [1.807, 2.05) is 6.92 Å². The Morgan fingerprint density at radius 1 is 1.22 bits per heavy atom. The van der Waals surface area contributed by atoms with E-state index in [2.05, 4.69) is 13.8 Å². The topological polar surface area (TPSA) is 26.3 Å². The van der Waals surface area contributed by atoms with Gasteiger partial charge in [0.25, 0.3) is 0 Å². The SMILES string of the molecule is CCCC(C)CC(=O)C(OCC)C1CCCCC1. The summed E-state index contributed by atoms with van der Waals surface area (Å²) in [6, 6.07) is 0. The molecule has 0 amide bonds. The summed E-state index contributed by atoms with van der Waals surface area (Å²) in [5.74, 6) is 1.35. The minimum atomic E-state index is -0.116. The first kappa shape index (κ1) is 15.7. The number of Topliss-reactive ketones (excluding diaryl/α,β-unsaturated/α-hetero) is 1. The Morgan fingerprint density at radius 2 is 1.89 bits per heavy atom. The molecular weight excluding hydrogens is 224 g/mol. The Hall–Kier alpha value is -0.370. The number of hydrogen-bond acceptors (Lipinski definition) is 2. The van der Waals surface area contributed by atoms with Gasteiger partial charge in [0.05, 0.1) is 0 Å². The van der Waals surface area contributed by atoms with E-state index in [4.69, 9.17) is 4.74 Å². The van der Waals surface area contributed by atoms with E-state index in [1.54, 1.807) is 0 Å². The monoisotopic (exact) mass is 254 g/mol. The van der Waals surface area contributed by atoms with Gasteiger partial charge in [0.15, 0.2) is 5.78 Å². The zero-order chi connectivity index (χ0) is 13.4. The van der Waals surface area contributed by atoms with E-state index in [1.165, 1.54) is 32.1 Å². The first-order valence-electron chi connectivity index (χ1n) is 7.83. The molecule has 1 fully saturated rings. The van der Waals surface area contributed by atoms with Crippen molar-refractivity contribution in [3.05, 3.63) is 0 Å². The number of ether oxygens (including phenoxy) is 1. The van der Waals surface area contributed by atoms with Crippen LogP contribution in [0, 0.1) is 11.8 Å². The van der Waals surface area contributed by atoms with E-state index >= 15 is 0 Å². The zero-order valence-corrected chi connectivity index (χ0v) is 12.4. The molecule has 1 saturated carbocycles. The van der Waals surface area contributed by atoms with Gasteiger partial charge in [-0.1, -0.05) is 46.0 Å². The van der Waals surface area contributed by atoms with Crippen LogP contribution in [0.1, 0.15) is 72.1 Å². The average molecular weight is 254 g/mol. The molecule has 2 heteroatoms. The molecule has 1 rings (SSSR count). The van der Waals surface area contributed by atoms with E-state index < -0.39 is 0 Å². The molecule has 0 aliphatic heterocycles. The van der Waals surface area contributed by atoms with E-state index in [0.717, 1.165) is 12.8 Å². The van der Waals surface area contributed by atoms with Crippen molar-refractivity contribution in [2.75, 3.05) is 6.61 Å². The second kappa shape index (κ2) is 8.68. The maximum absolute atomic E-state index is 12.4. The summed E-state index contributed by atoms with van der Waals surface area (Å²) >= 11 is 0. The Morgan fingerprint density at radius 3 is 2.44 bits per heavy atom. The molecule has 0 saturated heterocycles. The highest BCUT2D eigenvalue weighted by atomic mass is 16.5. The van der Waals surface area contributed by atoms with Gasteiger partial charge in [0, 0.05) is 13.0 Å². The highest BCUT2D eigenvalue weighted by Crippen LogP contribution is 2.29. The van der Waals surface area contributed by atoms with Crippen molar-refractivity contribution in [1.29, 1.82) is 0 Å². The maximum atomic E-state index is 12.4. The highest BCUT2D eigenvalue weighted by Gasteiger charge is 2.30. The van der Waals surface area contributed by atoms with Crippen molar-refractivity contribution in [3.8, 4) is 0 Å². The summed E-state index contributed by atoms with van der Waals surface area (Å²) in [6.45, 7) is 7.03. The Balaban J connectivity index is 2.50. The smallest absolute Gasteiger partial charge is 0.162 e. The second-order valence-electron chi connectivity index (χ2n) is 5.84. The van der Waals surface area contributed by atoms with E-state index in [-0.39, 0.29) is 6.10 Å². The van der Waals surface area contributed by atoms with Crippen LogP contribution in [0.2, 0.25) is 0 Å². The molecule has 0 bridgehead atoms. The molecule has 2 unspecified atom stereocenters. The Labute approximate surface area is 112 Å². The average Bonchev–Trinajstić information content (AvgIpc) is 2.37. The third-order valence-corrected chi connectivity index (χ3v) is 4.07. The second-order valence-corrected chi connectivity index (χ2v) is 5.84. The number of carbonyl (C=O) groups is 1. The molecular formula is C16H30O2. The number of carbonyl (C=O) groups excluding carboxylic acids is 1. The predicted octanol–water partition coefficient (Wildman–Crippen LogP) is 4.37. The first-order valence-corrected chi connectivity index (χ1v) is 7.83. The van der Waals surface area contributed by atoms with Crippen LogP contribution in [-0.2, 0) is 9.53 Å². The van der Waals surface area contributed by atoms with Gasteiger partial charge in [0.1, 0.15) is 6.10 Å². The van der Waals surface area contributed by atoms with Crippen molar-refractivity contribution < 1.29 is 9.53 Å². The minimum Gasteiger partial charge on any atom is -0.370 e. The largest absolute Gasteiger partial charge is 0.370 e. The number of ketones is 1. The lowest BCUT2D eigenvalue weighted by molar-refractivity contribution is -0.135. The fourth-order valence-corrected chi connectivity index (χ4v) is 3.16. The normalized spacial score (nSPS) is 20.6. The zero-order valence-electron chi connectivity index (χ0n) is 12.4. The summed E-state index contributed by atoms with van der Waals surface area (Å²) < 4.78 is 5.77. The molecule has 18 heavy (non-hydrogen) atoms. The predicted molar refractivity (Wildman–Crippen MR) is 75.7 cm³/mol. The highest BCUT2D eigenvalue weighted by molar-refractivity contribution is 5.83. The van der Waals surface area contributed by atoms with Gasteiger partial charge < -0.3 is 4.74 Å². The lowest BCUT2D eigenvalue weighted by Crippen LogP contribution is -2.34. The summed E-state index contributed by atoms with van der Waals surface area (Å²) in [6.07, 6.45) is 9.13. The van der Waals surface area contributed by atoms with Crippen molar-refractivity contribution in [2.45, 2.75) is 78.2 Å². The minimum absolute atomic E-state index is 0.116. The van der Waals surface area contributed by atoms with Crippen molar-refractivity contribution >= 4 is 5.78 Å². The molecule has 0 aromatic carbocycles. The summed E-state index contributed by atoms with van der Waals surface area (Å²) in [5.41, 5.74) is 0. The van der Waals surface area contributed by atoms with Crippen molar-refractivity contribution in [3.63, 3.8) is 0 Å². The molecule has 1 aliphatic rings.